The predicted molar refractivity (Wildman–Crippen MR) is 91.1 cm³/mol. The Balaban J connectivity index is 2.12. The monoisotopic (exact) mass is 383 g/mol. The molecule has 0 spiro atoms. The molecule has 0 saturated carbocycles. The van der Waals surface area contributed by atoms with Gasteiger partial charge in [0.2, 0.25) is 0 Å². The molecule has 0 aromatic heterocycles. The van der Waals surface area contributed by atoms with E-state index in [2.05, 4.69) is 5.32 Å². The fourth-order valence-electron chi connectivity index (χ4n) is 2.86. The molecule has 0 bridgehead atoms. The molecule has 6 nitrogen and oxygen atoms in total. The molecule has 25 heavy (non-hydrogen) atoms. The summed E-state index contributed by atoms with van der Waals surface area (Å²) in [5.74, 6) is -0.997. The van der Waals surface area contributed by atoms with Gasteiger partial charge in [0, 0.05) is 0 Å². The molecule has 2 aliphatic rings. The summed E-state index contributed by atoms with van der Waals surface area (Å²) < 4.78 is 15.4. The number of rotatable bonds is 3. The number of hydrogen-bond acceptors (Lipinski definition) is 6. The van der Waals surface area contributed by atoms with Crippen molar-refractivity contribution < 1.29 is 23.8 Å². The van der Waals surface area contributed by atoms with Crippen molar-refractivity contribution in [3.8, 4) is 0 Å². The molecule has 1 aromatic carbocycles. The molecular weight excluding hydrogens is 369 g/mol. The zero-order valence-corrected chi connectivity index (χ0v) is 15.0. The number of benzene rings is 1. The van der Waals surface area contributed by atoms with Crippen LogP contribution in [-0.4, -0.2) is 25.3 Å². The Morgan fingerprint density at radius 2 is 2.16 bits per heavy atom. The number of carbonyl (C=O) groups is 2. The lowest BCUT2D eigenvalue weighted by Gasteiger charge is -2.28. The minimum atomic E-state index is -0.864. The van der Waals surface area contributed by atoms with Gasteiger partial charge in [-0.1, -0.05) is 35.3 Å². The van der Waals surface area contributed by atoms with Crippen molar-refractivity contribution in [2.75, 3.05) is 13.2 Å². The van der Waals surface area contributed by atoms with Crippen LogP contribution >= 0.6 is 23.2 Å². The van der Waals surface area contributed by atoms with E-state index in [9.17, 15) is 9.59 Å². The molecular formula is C17H15Cl2NO5. The standard InChI is InChI=1S/C17H15Cl2NO5/c1-3-23-17(22)25-15-8(2)20-11-7-24-16(21)13(11)12(15)9-5-4-6-10(18)14(9)19/h4-6,12,20H,3,7H2,1-2H3. The maximum atomic E-state index is 12.3. The smallest absolute Gasteiger partial charge is 0.456 e. The third-order valence-corrected chi connectivity index (χ3v) is 4.73. The van der Waals surface area contributed by atoms with E-state index in [0.717, 1.165) is 0 Å². The van der Waals surface area contributed by atoms with Crippen LogP contribution in [0, 0.1) is 0 Å². The van der Waals surface area contributed by atoms with Crippen LogP contribution in [0.4, 0.5) is 4.79 Å². The van der Waals surface area contributed by atoms with Crippen molar-refractivity contribution in [1.29, 1.82) is 0 Å². The number of dihydropyridines is 1. The largest absolute Gasteiger partial charge is 0.513 e. The zero-order chi connectivity index (χ0) is 18.1. The van der Waals surface area contributed by atoms with Gasteiger partial charge in [0.15, 0.2) is 0 Å². The first-order valence-corrected chi connectivity index (χ1v) is 8.36. The van der Waals surface area contributed by atoms with E-state index >= 15 is 0 Å². The molecule has 0 aliphatic carbocycles. The van der Waals surface area contributed by atoms with Crippen LogP contribution < -0.4 is 5.32 Å². The second kappa shape index (κ2) is 6.98. The van der Waals surface area contributed by atoms with Crippen LogP contribution in [0.1, 0.15) is 25.3 Å². The lowest BCUT2D eigenvalue weighted by Crippen LogP contribution is -2.28. The summed E-state index contributed by atoms with van der Waals surface area (Å²) in [6, 6.07) is 5.07. The zero-order valence-electron chi connectivity index (χ0n) is 13.5. The van der Waals surface area contributed by atoms with Crippen LogP contribution in [0.5, 0.6) is 0 Å². The minimum Gasteiger partial charge on any atom is -0.456 e. The summed E-state index contributed by atoms with van der Waals surface area (Å²) in [6.07, 6.45) is -0.864. The maximum absolute atomic E-state index is 12.3. The van der Waals surface area contributed by atoms with Gasteiger partial charge >= 0.3 is 12.1 Å². The van der Waals surface area contributed by atoms with Gasteiger partial charge in [-0.25, -0.2) is 9.59 Å². The average molecular weight is 384 g/mol. The van der Waals surface area contributed by atoms with Crippen LogP contribution in [0.2, 0.25) is 10.0 Å². The van der Waals surface area contributed by atoms with E-state index < -0.39 is 18.0 Å². The lowest BCUT2D eigenvalue weighted by atomic mass is 9.85. The second-order valence-corrected chi connectivity index (χ2v) is 6.23. The molecule has 1 aromatic rings. The molecule has 1 N–H and O–H groups in total. The number of nitrogens with one attached hydrogen (secondary N) is 1. The summed E-state index contributed by atoms with van der Waals surface area (Å²) >= 11 is 12.5. The maximum Gasteiger partial charge on any atom is 0.513 e. The Hall–Kier alpha value is -2.18. The van der Waals surface area contributed by atoms with Gasteiger partial charge < -0.3 is 19.5 Å². The third-order valence-electron chi connectivity index (χ3n) is 3.90. The number of carbonyl (C=O) groups excluding carboxylic acids is 2. The van der Waals surface area contributed by atoms with E-state index in [1.54, 1.807) is 32.0 Å². The Morgan fingerprint density at radius 1 is 1.40 bits per heavy atom. The first-order valence-electron chi connectivity index (χ1n) is 7.60. The number of hydrogen-bond donors (Lipinski definition) is 1. The van der Waals surface area contributed by atoms with Gasteiger partial charge in [-0.05, 0) is 25.5 Å². The molecule has 2 heterocycles. The van der Waals surface area contributed by atoms with Crippen molar-refractivity contribution in [2.45, 2.75) is 19.8 Å². The number of halogens is 2. The molecule has 0 radical (unpaired) electrons. The highest BCUT2D eigenvalue weighted by molar-refractivity contribution is 6.42. The van der Waals surface area contributed by atoms with Crippen molar-refractivity contribution in [1.82, 2.24) is 5.32 Å². The predicted octanol–water partition coefficient (Wildman–Crippen LogP) is 3.90. The molecule has 132 valence electrons. The highest BCUT2D eigenvalue weighted by Crippen LogP contribution is 2.45. The number of esters is 1. The summed E-state index contributed by atoms with van der Waals surface area (Å²) in [6.45, 7) is 3.68. The van der Waals surface area contributed by atoms with Crippen molar-refractivity contribution in [3.05, 3.63) is 56.5 Å². The molecule has 0 saturated heterocycles. The third kappa shape index (κ3) is 3.19. The summed E-state index contributed by atoms with van der Waals surface area (Å²) in [4.78, 5) is 24.1. The Morgan fingerprint density at radius 3 is 2.88 bits per heavy atom. The number of allylic oxidation sites excluding steroid dienone is 2. The van der Waals surface area contributed by atoms with Gasteiger partial charge in [-0.15, -0.1) is 0 Å². The van der Waals surface area contributed by atoms with E-state index in [-0.39, 0.29) is 24.0 Å². The highest BCUT2D eigenvalue weighted by atomic mass is 35.5. The number of cyclic esters (lactones) is 1. The lowest BCUT2D eigenvalue weighted by molar-refractivity contribution is -0.136. The summed E-state index contributed by atoms with van der Waals surface area (Å²) in [5, 5.41) is 3.66. The van der Waals surface area contributed by atoms with Gasteiger partial charge in [0.1, 0.15) is 12.4 Å². The molecule has 3 rings (SSSR count). The first kappa shape index (κ1) is 17.6. The van der Waals surface area contributed by atoms with Crippen LogP contribution in [0.3, 0.4) is 0 Å². The van der Waals surface area contributed by atoms with Gasteiger partial charge in [-0.2, -0.15) is 0 Å². The van der Waals surface area contributed by atoms with Crippen molar-refractivity contribution in [3.63, 3.8) is 0 Å². The fourth-order valence-corrected chi connectivity index (χ4v) is 3.28. The van der Waals surface area contributed by atoms with Gasteiger partial charge in [-0.3, -0.25) is 0 Å². The van der Waals surface area contributed by atoms with Crippen molar-refractivity contribution in [2.24, 2.45) is 0 Å². The van der Waals surface area contributed by atoms with E-state index in [1.165, 1.54) is 0 Å². The van der Waals surface area contributed by atoms with Crippen LogP contribution in [-0.2, 0) is 19.0 Å². The van der Waals surface area contributed by atoms with E-state index in [4.69, 9.17) is 37.4 Å². The first-order chi connectivity index (χ1) is 11.9. The normalized spacial score (nSPS) is 19.4. The van der Waals surface area contributed by atoms with Gasteiger partial charge in [0.25, 0.3) is 0 Å². The highest BCUT2D eigenvalue weighted by Gasteiger charge is 2.42. The molecule has 2 aliphatic heterocycles. The van der Waals surface area contributed by atoms with E-state index in [0.29, 0.717) is 27.6 Å². The Kier molecular flexibility index (Phi) is 4.92. The summed E-state index contributed by atoms with van der Waals surface area (Å²) in [5.41, 5.74) is 2.06. The Bertz CT molecular complexity index is 815. The number of ether oxygens (including phenoxy) is 3. The molecule has 0 fully saturated rings. The molecule has 8 heteroatoms. The van der Waals surface area contributed by atoms with Crippen molar-refractivity contribution >= 4 is 35.3 Å². The summed E-state index contributed by atoms with van der Waals surface area (Å²) in [7, 11) is 0. The quantitative estimate of drug-likeness (QED) is 0.797. The second-order valence-electron chi connectivity index (χ2n) is 5.44. The average Bonchev–Trinajstić information content (AvgIpc) is 2.92. The molecule has 1 unspecified atom stereocenters. The molecule has 1 atom stereocenters. The fraction of sp³-hybridized carbons (Fsp3) is 0.294. The Labute approximate surface area is 154 Å². The van der Waals surface area contributed by atoms with E-state index in [1.807, 2.05) is 0 Å². The SMILES string of the molecule is CCOC(=O)OC1=C(C)NC2=C(C(=O)OC2)C1c1cccc(Cl)c1Cl. The van der Waals surface area contributed by atoms with Crippen LogP contribution in [0.25, 0.3) is 0 Å². The minimum absolute atomic E-state index is 0.118. The van der Waals surface area contributed by atoms with Gasteiger partial charge in [0.05, 0.1) is 39.5 Å². The molecule has 0 amide bonds. The van der Waals surface area contributed by atoms with Crippen LogP contribution in [0.15, 0.2) is 40.9 Å². The topological polar surface area (TPSA) is 73.9 Å².